The summed E-state index contributed by atoms with van der Waals surface area (Å²) in [6.45, 7) is 6.36. The van der Waals surface area contributed by atoms with Gasteiger partial charge >= 0.3 is 0 Å². The Balaban J connectivity index is 1.89. The van der Waals surface area contributed by atoms with E-state index in [-0.39, 0.29) is 0 Å². The second-order valence-electron chi connectivity index (χ2n) is 5.28. The first-order chi connectivity index (χ1) is 8.85. The van der Waals surface area contributed by atoms with Crippen LogP contribution in [0.25, 0.3) is 0 Å². The summed E-state index contributed by atoms with van der Waals surface area (Å²) in [5.41, 5.74) is 5.94. The van der Waals surface area contributed by atoms with E-state index in [9.17, 15) is 0 Å². The molecule has 0 saturated heterocycles. The first kappa shape index (κ1) is 13.6. The largest absolute Gasteiger partial charge is 0.336 e. The summed E-state index contributed by atoms with van der Waals surface area (Å²) >= 11 is 0. The molecule has 2 N–H and O–H groups in total. The summed E-state index contributed by atoms with van der Waals surface area (Å²) in [5, 5.41) is 0. The Hall–Kier alpha value is -0.870. The Bertz CT molecular complexity index is 323. The van der Waals surface area contributed by atoms with Crippen LogP contribution in [0.5, 0.6) is 0 Å². The van der Waals surface area contributed by atoms with E-state index in [1.807, 2.05) is 18.7 Å². The Labute approximate surface area is 110 Å². The SMILES string of the molecule is CCN(CCn1ccnc1)C1CCCCC1CN. The summed E-state index contributed by atoms with van der Waals surface area (Å²) in [6, 6.07) is 0.692. The molecule has 2 atom stereocenters. The van der Waals surface area contributed by atoms with Crippen molar-refractivity contribution in [3.63, 3.8) is 0 Å². The van der Waals surface area contributed by atoms with Crippen LogP contribution in [0.15, 0.2) is 18.7 Å². The maximum absolute atomic E-state index is 5.94. The number of imidazole rings is 1. The topological polar surface area (TPSA) is 47.1 Å². The van der Waals surface area contributed by atoms with Crippen LogP contribution in [0.4, 0.5) is 0 Å². The second kappa shape index (κ2) is 6.90. The summed E-state index contributed by atoms with van der Waals surface area (Å²) in [6.07, 6.45) is 11.1. The maximum Gasteiger partial charge on any atom is 0.0946 e. The molecule has 1 heterocycles. The molecule has 2 rings (SSSR count). The molecule has 1 fully saturated rings. The van der Waals surface area contributed by atoms with Crippen molar-refractivity contribution in [3.05, 3.63) is 18.7 Å². The molecule has 102 valence electrons. The van der Waals surface area contributed by atoms with Crippen molar-refractivity contribution in [1.82, 2.24) is 14.5 Å². The van der Waals surface area contributed by atoms with E-state index in [1.165, 1.54) is 25.7 Å². The third-order valence-electron chi connectivity index (χ3n) is 4.25. The molecule has 0 radical (unpaired) electrons. The van der Waals surface area contributed by atoms with Crippen molar-refractivity contribution in [2.75, 3.05) is 19.6 Å². The predicted octanol–water partition coefficient (Wildman–Crippen LogP) is 1.72. The van der Waals surface area contributed by atoms with Gasteiger partial charge in [0.15, 0.2) is 0 Å². The standard InChI is InChI=1S/C14H26N4/c1-2-18(10-9-17-8-7-16-12-17)14-6-4-3-5-13(14)11-15/h7-8,12-14H,2-6,9-11,15H2,1H3. The molecular formula is C14H26N4. The zero-order valence-electron chi connectivity index (χ0n) is 11.5. The normalized spacial score (nSPS) is 24.6. The van der Waals surface area contributed by atoms with Gasteiger partial charge in [0.2, 0.25) is 0 Å². The smallest absolute Gasteiger partial charge is 0.0946 e. The fraction of sp³-hybridized carbons (Fsp3) is 0.786. The molecule has 0 amide bonds. The van der Waals surface area contributed by atoms with E-state index < -0.39 is 0 Å². The highest BCUT2D eigenvalue weighted by atomic mass is 15.2. The van der Waals surface area contributed by atoms with Gasteiger partial charge in [-0.05, 0) is 31.8 Å². The molecule has 18 heavy (non-hydrogen) atoms. The van der Waals surface area contributed by atoms with Gasteiger partial charge in [-0.1, -0.05) is 19.8 Å². The fourth-order valence-electron chi connectivity index (χ4n) is 3.17. The van der Waals surface area contributed by atoms with Gasteiger partial charge in [0.05, 0.1) is 6.33 Å². The zero-order valence-corrected chi connectivity index (χ0v) is 11.5. The molecule has 1 saturated carbocycles. The van der Waals surface area contributed by atoms with Gasteiger partial charge in [0, 0.05) is 31.5 Å². The Morgan fingerprint density at radius 2 is 2.22 bits per heavy atom. The average molecular weight is 250 g/mol. The van der Waals surface area contributed by atoms with Crippen LogP contribution in [0.3, 0.4) is 0 Å². The number of nitrogens with zero attached hydrogens (tertiary/aromatic N) is 3. The summed E-state index contributed by atoms with van der Waals surface area (Å²) in [7, 11) is 0. The summed E-state index contributed by atoms with van der Waals surface area (Å²) in [5.74, 6) is 0.696. The molecule has 0 bridgehead atoms. The van der Waals surface area contributed by atoms with Crippen LogP contribution >= 0.6 is 0 Å². The van der Waals surface area contributed by atoms with Crippen LogP contribution in [0.1, 0.15) is 32.6 Å². The van der Waals surface area contributed by atoms with Crippen LogP contribution < -0.4 is 5.73 Å². The van der Waals surface area contributed by atoms with E-state index in [0.717, 1.165) is 26.2 Å². The van der Waals surface area contributed by atoms with E-state index in [2.05, 4.69) is 21.4 Å². The summed E-state index contributed by atoms with van der Waals surface area (Å²) < 4.78 is 2.16. The molecule has 0 aliphatic heterocycles. The van der Waals surface area contributed by atoms with E-state index in [1.54, 1.807) is 0 Å². The Morgan fingerprint density at radius 3 is 2.89 bits per heavy atom. The summed E-state index contributed by atoms with van der Waals surface area (Å²) in [4.78, 5) is 6.70. The minimum atomic E-state index is 0.692. The predicted molar refractivity (Wildman–Crippen MR) is 74.3 cm³/mol. The van der Waals surface area contributed by atoms with Crippen LogP contribution in [-0.4, -0.2) is 40.1 Å². The number of rotatable bonds is 6. The minimum absolute atomic E-state index is 0.692. The molecule has 4 nitrogen and oxygen atoms in total. The number of hydrogen-bond acceptors (Lipinski definition) is 3. The van der Waals surface area contributed by atoms with E-state index in [4.69, 9.17) is 5.73 Å². The molecular weight excluding hydrogens is 224 g/mol. The van der Waals surface area contributed by atoms with Crippen LogP contribution in [0, 0.1) is 5.92 Å². The highest BCUT2D eigenvalue weighted by Gasteiger charge is 2.28. The van der Waals surface area contributed by atoms with E-state index >= 15 is 0 Å². The number of aromatic nitrogens is 2. The first-order valence-corrected chi connectivity index (χ1v) is 7.25. The third-order valence-corrected chi connectivity index (χ3v) is 4.25. The Kier molecular flexibility index (Phi) is 5.20. The minimum Gasteiger partial charge on any atom is -0.336 e. The fourth-order valence-corrected chi connectivity index (χ4v) is 3.17. The lowest BCUT2D eigenvalue weighted by atomic mass is 9.83. The molecule has 1 aliphatic carbocycles. The first-order valence-electron chi connectivity index (χ1n) is 7.25. The van der Waals surface area contributed by atoms with Gasteiger partial charge in [-0.15, -0.1) is 0 Å². The van der Waals surface area contributed by atoms with Gasteiger partial charge in [-0.25, -0.2) is 4.98 Å². The van der Waals surface area contributed by atoms with Crippen LogP contribution in [0.2, 0.25) is 0 Å². The van der Waals surface area contributed by atoms with Crippen molar-refractivity contribution >= 4 is 0 Å². The lowest BCUT2D eigenvalue weighted by Gasteiger charge is -2.39. The lowest BCUT2D eigenvalue weighted by Crippen LogP contribution is -2.46. The monoisotopic (exact) mass is 250 g/mol. The highest BCUT2D eigenvalue weighted by molar-refractivity contribution is 4.84. The van der Waals surface area contributed by atoms with Gasteiger partial charge in [-0.3, -0.25) is 4.90 Å². The van der Waals surface area contributed by atoms with Crippen molar-refractivity contribution in [2.24, 2.45) is 11.7 Å². The van der Waals surface area contributed by atoms with Crippen molar-refractivity contribution in [2.45, 2.75) is 45.2 Å². The van der Waals surface area contributed by atoms with Crippen LogP contribution in [-0.2, 0) is 6.54 Å². The average Bonchev–Trinajstić information content (AvgIpc) is 2.93. The molecule has 4 heteroatoms. The van der Waals surface area contributed by atoms with Crippen molar-refractivity contribution in [3.8, 4) is 0 Å². The molecule has 0 aromatic carbocycles. The molecule has 1 aromatic rings. The number of likely N-dealkylation sites (N-methyl/N-ethyl adjacent to an activating group) is 1. The van der Waals surface area contributed by atoms with Crippen molar-refractivity contribution in [1.29, 1.82) is 0 Å². The van der Waals surface area contributed by atoms with Gasteiger partial charge in [0.25, 0.3) is 0 Å². The molecule has 2 unspecified atom stereocenters. The van der Waals surface area contributed by atoms with Gasteiger partial charge in [-0.2, -0.15) is 0 Å². The lowest BCUT2D eigenvalue weighted by molar-refractivity contribution is 0.108. The molecule has 0 spiro atoms. The van der Waals surface area contributed by atoms with Gasteiger partial charge in [0.1, 0.15) is 0 Å². The van der Waals surface area contributed by atoms with Crippen molar-refractivity contribution < 1.29 is 0 Å². The molecule has 1 aliphatic rings. The zero-order chi connectivity index (χ0) is 12.8. The highest BCUT2D eigenvalue weighted by Crippen LogP contribution is 2.27. The Morgan fingerprint density at radius 1 is 1.39 bits per heavy atom. The van der Waals surface area contributed by atoms with E-state index in [0.29, 0.717) is 12.0 Å². The quantitative estimate of drug-likeness (QED) is 0.836. The third kappa shape index (κ3) is 3.33. The second-order valence-corrected chi connectivity index (χ2v) is 5.28. The number of nitrogens with two attached hydrogens (primary N) is 1. The number of hydrogen-bond donors (Lipinski definition) is 1. The maximum atomic E-state index is 5.94. The molecule has 1 aromatic heterocycles. The van der Waals surface area contributed by atoms with Gasteiger partial charge < -0.3 is 10.3 Å².